The van der Waals surface area contributed by atoms with Crippen molar-refractivity contribution in [2.75, 3.05) is 26.3 Å². The maximum absolute atomic E-state index is 6.03. The second kappa shape index (κ2) is 6.88. The van der Waals surface area contributed by atoms with Gasteiger partial charge in [-0.05, 0) is 57.4 Å². The van der Waals surface area contributed by atoms with Crippen LogP contribution in [-0.4, -0.2) is 38.5 Å². The van der Waals surface area contributed by atoms with E-state index in [0.29, 0.717) is 17.6 Å². The predicted octanol–water partition coefficient (Wildman–Crippen LogP) is 2.74. The van der Waals surface area contributed by atoms with Crippen molar-refractivity contribution >= 4 is 0 Å². The lowest BCUT2D eigenvalue weighted by molar-refractivity contribution is -0.0301. The van der Waals surface area contributed by atoms with Crippen LogP contribution in [0.25, 0.3) is 0 Å². The number of hydrogen-bond acceptors (Lipinski definition) is 3. The third kappa shape index (κ3) is 3.94. The van der Waals surface area contributed by atoms with Crippen molar-refractivity contribution in [3.63, 3.8) is 0 Å². The maximum Gasteiger partial charge on any atom is 0.0585 e. The molecule has 2 unspecified atom stereocenters. The van der Waals surface area contributed by atoms with Gasteiger partial charge in [-0.3, -0.25) is 0 Å². The monoisotopic (exact) mass is 255 g/mol. The summed E-state index contributed by atoms with van der Waals surface area (Å²) in [4.78, 5) is 0. The van der Waals surface area contributed by atoms with Gasteiger partial charge in [-0.1, -0.05) is 6.92 Å². The largest absolute Gasteiger partial charge is 0.381 e. The first-order chi connectivity index (χ1) is 8.74. The molecule has 0 aromatic rings. The van der Waals surface area contributed by atoms with Crippen LogP contribution >= 0.6 is 0 Å². The van der Waals surface area contributed by atoms with Gasteiger partial charge in [0.1, 0.15) is 0 Å². The standard InChI is InChI=1S/C15H29NO2/c1-3-8-16-12-15(6-9-17-10-7-15)11-14-5-4-13(2)18-14/h13-14,16H,3-12H2,1-2H3. The summed E-state index contributed by atoms with van der Waals surface area (Å²) < 4.78 is 11.6. The molecule has 0 aromatic heterocycles. The van der Waals surface area contributed by atoms with Crippen molar-refractivity contribution < 1.29 is 9.47 Å². The molecule has 2 aliphatic rings. The molecule has 1 N–H and O–H groups in total. The van der Waals surface area contributed by atoms with Crippen molar-refractivity contribution in [2.24, 2.45) is 5.41 Å². The van der Waals surface area contributed by atoms with Gasteiger partial charge in [0.25, 0.3) is 0 Å². The topological polar surface area (TPSA) is 30.5 Å². The average Bonchev–Trinajstić information content (AvgIpc) is 2.76. The Morgan fingerprint density at radius 3 is 2.61 bits per heavy atom. The summed E-state index contributed by atoms with van der Waals surface area (Å²) in [5.74, 6) is 0. The first kappa shape index (κ1) is 14.3. The highest BCUT2D eigenvalue weighted by Gasteiger charge is 2.37. The van der Waals surface area contributed by atoms with E-state index in [9.17, 15) is 0 Å². The lowest BCUT2D eigenvalue weighted by Gasteiger charge is -2.39. The van der Waals surface area contributed by atoms with Crippen LogP contribution in [0.3, 0.4) is 0 Å². The Bertz CT molecular complexity index is 239. The molecule has 2 heterocycles. The van der Waals surface area contributed by atoms with E-state index in [1.807, 2.05) is 0 Å². The van der Waals surface area contributed by atoms with Gasteiger partial charge in [0.15, 0.2) is 0 Å². The van der Waals surface area contributed by atoms with Crippen molar-refractivity contribution in [3.8, 4) is 0 Å². The molecular weight excluding hydrogens is 226 g/mol. The molecule has 2 saturated heterocycles. The number of ether oxygens (including phenoxy) is 2. The number of rotatable bonds is 6. The summed E-state index contributed by atoms with van der Waals surface area (Å²) in [6, 6.07) is 0. The minimum absolute atomic E-state index is 0.419. The summed E-state index contributed by atoms with van der Waals surface area (Å²) in [6.07, 6.45) is 8.26. The van der Waals surface area contributed by atoms with Crippen LogP contribution < -0.4 is 5.32 Å². The molecule has 0 aliphatic carbocycles. The van der Waals surface area contributed by atoms with Gasteiger partial charge < -0.3 is 14.8 Å². The van der Waals surface area contributed by atoms with Crippen LogP contribution in [0.1, 0.15) is 52.4 Å². The summed E-state index contributed by atoms with van der Waals surface area (Å²) in [5, 5.41) is 3.62. The second-order valence-electron chi connectivity index (χ2n) is 6.14. The zero-order chi connectivity index (χ0) is 12.8. The van der Waals surface area contributed by atoms with E-state index in [2.05, 4.69) is 19.2 Å². The SMILES string of the molecule is CCCNCC1(CC2CCC(C)O2)CCOCC1. The van der Waals surface area contributed by atoms with Crippen LogP contribution in [0, 0.1) is 5.41 Å². The molecule has 0 bridgehead atoms. The Kier molecular flexibility index (Phi) is 5.46. The summed E-state index contributed by atoms with van der Waals surface area (Å²) in [6.45, 7) is 8.55. The van der Waals surface area contributed by atoms with Crippen LogP contribution in [-0.2, 0) is 9.47 Å². The Morgan fingerprint density at radius 1 is 1.22 bits per heavy atom. The van der Waals surface area contributed by atoms with E-state index >= 15 is 0 Å². The minimum Gasteiger partial charge on any atom is -0.381 e. The molecule has 2 rings (SSSR count). The normalized spacial score (nSPS) is 31.7. The molecule has 3 nitrogen and oxygen atoms in total. The zero-order valence-corrected chi connectivity index (χ0v) is 12.0. The molecular formula is C15H29NO2. The molecule has 2 atom stereocenters. The van der Waals surface area contributed by atoms with E-state index in [4.69, 9.17) is 9.47 Å². The van der Waals surface area contributed by atoms with Crippen molar-refractivity contribution in [3.05, 3.63) is 0 Å². The van der Waals surface area contributed by atoms with Gasteiger partial charge in [-0.15, -0.1) is 0 Å². The van der Waals surface area contributed by atoms with Gasteiger partial charge >= 0.3 is 0 Å². The molecule has 0 radical (unpaired) electrons. The summed E-state index contributed by atoms with van der Waals surface area (Å²) in [5.41, 5.74) is 0.419. The molecule has 2 aliphatic heterocycles. The molecule has 0 amide bonds. The molecule has 3 heteroatoms. The van der Waals surface area contributed by atoms with Gasteiger partial charge in [-0.2, -0.15) is 0 Å². The number of nitrogens with one attached hydrogen (secondary N) is 1. The Labute approximate surface area is 112 Å². The maximum atomic E-state index is 6.03. The van der Waals surface area contributed by atoms with Gasteiger partial charge in [0, 0.05) is 19.8 Å². The van der Waals surface area contributed by atoms with Crippen molar-refractivity contribution in [1.82, 2.24) is 5.32 Å². The third-order valence-electron chi connectivity index (χ3n) is 4.46. The quantitative estimate of drug-likeness (QED) is 0.740. The first-order valence-corrected chi connectivity index (χ1v) is 7.68. The molecule has 0 spiro atoms. The molecule has 18 heavy (non-hydrogen) atoms. The minimum atomic E-state index is 0.419. The Morgan fingerprint density at radius 2 is 2.00 bits per heavy atom. The first-order valence-electron chi connectivity index (χ1n) is 7.68. The Balaban J connectivity index is 1.86. The molecule has 106 valence electrons. The smallest absolute Gasteiger partial charge is 0.0585 e. The van der Waals surface area contributed by atoms with Crippen molar-refractivity contribution in [2.45, 2.75) is 64.6 Å². The highest BCUT2D eigenvalue weighted by Crippen LogP contribution is 2.38. The number of hydrogen-bond donors (Lipinski definition) is 1. The highest BCUT2D eigenvalue weighted by atomic mass is 16.5. The zero-order valence-electron chi connectivity index (χ0n) is 12.0. The van der Waals surface area contributed by atoms with Crippen LogP contribution in [0.5, 0.6) is 0 Å². The van der Waals surface area contributed by atoms with Crippen LogP contribution in [0.4, 0.5) is 0 Å². The van der Waals surface area contributed by atoms with E-state index in [-0.39, 0.29) is 0 Å². The lowest BCUT2D eigenvalue weighted by atomic mass is 9.75. The van der Waals surface area contributed by atoms with Gasteiger partial charge in [-0.25, -0.2) is 0 Å². The van der Waals surface area contributed by atoms with E-state index in [1.54, 1.807) is 0 Å². The fourth-order valence-corrected chi connectivity index (χ4v) is 3.31. The van der Waals surface area contributed by atoms with Crippen LogP contribution in [0.2, 0.25) is 0 Å². The van der Waals surface area contributed by atoms with E-state index in [1.165, 1.54) is 38.5 Å². The fraction of sp³-hybridized carbons (Fsp3) is 1.00. The van der Waals surface area contributed by atoms with Crippen LogP contribution in [0.15, 0.2) is 0 Å². The molecule has 0 aromatic carbocycles. The van der Waals surface area contributed by atoms with Crippen molar-refractivity contribution in [1.29, 1.82) is 0 Å². The highest BCUT2D eigenvalue weighted by molar-refractivity contribution is 4.88. The summed E-state index contributed by atoms with van der Waals surface area (Å²) in [7, 11) is 0. The fourth-order valence-electron chi connectivity index (χ4n) is 3.31. The Hall–Kier alpha value is -0.120. The van der Waals surface area contributed by atoms with Gasteiger partial charge in [0.05, 0.1) is 12.2 Å². The van der Waals surface area contributed by atoms with E-state index < -0.39 is 0 Å². The average molecular weight is 255 g/mol. The molecule has 0 saturated carbocycles. The molecule has 2 fully saturated rings. The van der Waals surface area contributed by atoms with E-state index in [0.717, 1.165) is 26.3 Å². The third-order valence-corrected chi connectivity index (χ3v) is 4.46. The van der Waals surface area contributed by atoms with Gasteiger partial charge in [0.2, 0.25) is 0 Å². The lowest BCUT2D eigenvalue weighted by Crippen LogP contribution is -2.41. The summed E-state index contributed by atoms with van der Waals surface area (Å²) >= 11 is 0. The predicted molar refractivity (Wildman–Crippen MR) is 73.8 cm³/mol. The second-order valence-corrected chi connectivity index (χ2v) is 6.14.